The molecular formula is C11H20O2. The SMILES string of the molecule is CC(C)(C)C1C[C@H]2COC[C@@H](C1)O2. The van der Waals surface area contributed by atoms with E-state index in [2.05, 4.69) is 20.8 Å². The summed E-state index contributed by atoms with van der Waals surface area (Å²) >= 11 is 0. The van der Waals surface area contributed by atoms with Gasteiger partial charge in [-0.15, -0.1) is 0 Å². The van der Waals surface area contributed by atoms with Gasteiger partial charge >= 0.3 is 0 Å². The minimum atomic E-state index is 0.372. The van der Waals surface area contributed by atoms with Gasteiger partial charge in [-0.2, -0.15) is 0 Å². The van der Waals surface area contributed by atoms with E-state index >= 15 is 0 Å². The first-order chi connectivity index (χ1) is 6.05. The van der Waals surface area contributed by atoms with Crippen molar-refractivity contribution in [2.45, 2.75) is 45.8 Å². The van der Waals surface area contributed by atoms with E-state index in [0.29, 0.717) is 17.6 Å². The fourth-order valence-electron chi connectivity index (χ4n) is 2.37. The molecule has 3 atom stereocenters. The number of rotatable bonds is 0. The van der Waals surface area contributed by atoms with Gasteiger partial charge in [0.25, 0.3) is 0 Å². The Kier molecular flexibility index (Phi) is 2.37. The predicted molar refractivity (Wildman–Crippen MR) is 51.7 cm³/mol. The van der Waals surface area contributed by atoms with Crippen LogP contribution >= 0.6 is 0 Å². The lowest BCUT2D eigenvalue weighted by Gasteiger charge is -2.44. The van der Waals surface area contributed by atoms with Gasteiger partial charge in [0.1, 0.15) is 0 Å². The molecule has 0 spiro atoms. The average molecular weight is 184 g/mol. The van der Waals surface area contributed by atoms with Crippen molar-refractivity contribution in [1.29, 1.82) is 0 Å². The molecule has 1 unspecified atom stereocenters. The van der Waals surface area contributed by atoms with Crippen molar-refractivity contribution in [3.8, 4) is 0 Å². The minimum absolute atomic E-state index is 0.372. The van der Waals surface area contributed by atoms with Crippen LogP contribution in [0.2, 0.25) is 0 Å². The Morgan fingerprint density at radius 2 is 1.54 bits per heavy atom. The highest BCUT2D eigenvalue weighted by Crippen LogP contribution is 2.39. The second-order valence-electron chi connectivity index (χ2n) is 5.45. The molecule has 2 fully saturated rings. The van der Waals surface area contributed by atoms with Gasteiger partial charge in [-0.05, 0) is 24.2 Å². The third-order valence-corrected chi connectivity index (χ3v) is 3.31. The van der Waals surface area contributed by atoms with Crippen LogP contribution in [0.5, 0.6) is 0 Å². The Bertz CT molecular complexity index is 171. The van der Waals surface area contributed by atoms with Crippen molar-refractivity contribution < 1.29 is 9.47 Å². The second-order valence-corrected chi connectivity index (χ2v) is 5.45. The van der Waals surface area contributed by atoms with Gasteiger partial charge < -0.3 is 9.47 Å². The zero-order valence-electron chi connectivity index (χ0n) is 8.88. The van der Waals surface area contributed by atoms with Crippen molar-refractivity contribution in [2.24, 2.45) is 11.3 Å². The summed E-state index contributed by atoms with van der Waals surface area (Å²) in [5.41, 5.74) is 0.428. The summed E-state index contributed by atoms with van der Waals surface area (Å²) in [6.07, 6.45) is 3.11. The van der Waals surface area contributed by atoms with E-state index in [1.165, 1.54) is 12.8 Å². The molecule has 2 saturated heterocycles. The number of ether oxygens (including phenoxy) is 2. The van der Waals surface area contributed by atoms with Crippen LogP contribution in [0.3, 0.4) is 0 Å². The Labute approximate surface area is 80.6 Å². The molecule has 2 heterocycles. The maximum atomic E-state index is 5.82. The zero-order chi connectivity index (χ0) is 9.47. The molecule has 0 saturated carbocycles. The van der Waals surface area contributed by atoms with Gasteiger partial charge in [0, 0.05) is 0 Å². The third-order valence-electron chi connectivity index (χ3n) is 3.31. The fraction of sp³-hybridized carbons (Fsp3) is 1.00. The van der Waals surface area contributed by atoms with Gasteiger partial charge in [-0.1, -0.05) is 20.8 Å². The van der Waals surface area contributed by atoms with Crippen molar-refractivity contribution in [3.05, 3.63) is 0 Å². The molecule has 2 bridgehead atoms. The fourth-order valence-corrected chi connectivity index (χ4v) is 2.37. The average Bonchev–Trinajstić information content (AvgIpc) is 2.01. The van der Waals surface area contributed by atoms with Gasteiger partial charge in [0.05, 0.1) is 25.4 Å². The molecule has 0 aromatic rings. The molecule has 0 aromatic heterocycles. The molecule has 2 aliphatic rings. The lowest BCUT2D eigenvalue weighted by atomic mass is 9.73. The van der Waals surface area contributed by atoms with Gasteiger partial charge in [0.2, 0.25) is 0 Å². The molecule has 0 amide bonds. The molecule has 76 valence electrons. The summed E-state index contributed by atoms with van der Waals surface area (Å²) in [6, 6.07) is 0. The number of fused-ring (bicyclic) bond motifs is 2. The van der Waals surface area contributed by atoms with Crippen molar-refractivity contribution in [1.82, 2.24) is 0 Å². The summed E-state index contributed by atoms with van der Waals surface area (Å²) in [7, 11) is 0. The maximum absolute atomic E-state index is 5.82. The van der Waals surface area contributed by atoms with Crippen LogP contribution in [0.4, 0.5) is 0 Å². The van der Waals surface area contributed by atoms with Crippen molar-refractivity contribution in [3.63, 3.8) is 0 Å². The monoisotopic (exact) mass is 184 g/mol. The maximum Gasteiger partial charge on any atom is 0.0816 e. The first-order valence-corrected chi connectivity index (χ1v) is 5.29. The summed E-state index contributed by atoms with van der Waals surface area (Å²) in [6.45, 7) is 8.62. The normalized spacial score (nSPS) is 40.4. The molecule has 2 aliphatic heterocycles. The summed E-state index contributed by atoms with van der Waals surface area (Å²) in [5, 5.41) is 0. The van der Waals surface area contributed by atoms with Gasteiger partial charge in [0.15, 0.2) is 0 Å². The smallest absolute Gasteiger partial charge is 0.0816 e. The van der Waals surface area contributed by atoms with Gasteiger partial charge in [-0.3, -0.25) is 0 Å². The number of hydrogen-bond acceptors (Lipinski definition) is 2. The van der Waals surface area contributed by atoms with Crippen LogP contribution in [0.1, 0.15) is 33.6 Å². The third kappa shape index (κ3) is 2.05. The minimum Gasteiger partial charge on any atom is -0.376 e. The molecule has 0 aromatic carbocycles. The lowest BCUT2D eigenvalue weighted by molar-refractivity contribution is -0.182. The molecular weight excluding hydrogens is 164 g/mol. The largest absolute Gasteiger partial charge is 0.376 e. The van der Waals surface area contributed by atoms with Crippen LogP contribution in [0.15, 0.2) is 0 Å². The highest BCUT2D eigenvalue weighted by molar-refractivity contribution is 4.86. The van der Waals surface area contributed by atoms with Gasteiger partial charge in [-0.25, -0.2) is 0 Å². The Morgan fingerprint density at radius 1 is 1.00 bits per heavy atom. The van der Waals surface area contributed by atoms with Crippen LogP contribution in [-0.4, -0.2) is 25.4 Å². The van der Waals surface area contributed by atoms with E-state index in [4.69, 9.17) is 9.47 Å². The zero-order valence-corrected chi connectivity index (χ0v) is 8.88. The van der Waals surface area contributed by atoms with E-state index in [1.807, 2.05) is 0 Å². The Morgan fingerprint density at radius 3 is 2.00 bits per heavy atom. The predicted octanol–water partition coefficient (Wildman–Crippen LogP) is 2.23. The molecule has 0 radical (unpaired) electrons. The van der Waals surface area contributed by atoms with Crippen LogP contribution in [0, 0.1) is 11.3 Å². The quantitative estimate of drug-likeness (QED) is 0.574. The number of hydrogen-bond donors (Lipinski definition) is 0. The van der Waals surface area contributed by atoms with Crippen molar-refractivity contribution in [2.75, 3.05) is 13.2 Å². The van der Waals surface area contributed by atoms with E-state index in [0.717, 1.165) is 19.1 Å². The highest BCUT2D eigenvalue weighted by Gasteiger charge is 2.38. The second kappa shape index (κ2) is 3.25. The molecule has 0 aliphatic carbocycles. The van der Waals surface area contributed by atoms with Crippen LogP contribution in [0.25, 0.3) is 0 Å². The summed E-state index contributed by atoms with van der Waals surface area (Å²) < 4.78 is 11.3. The Hall–Kier alpha value is -0.0800. The van der Waals surface area contributed by atoms with Crippen molar-refractivity contribution >= 4 is 0 Å². The molecule has 13 heavy (non-hydrogen) atoms. The lowest BCUT2D eigenvalue weighted by Crippen LogP contribution is -2.45. The van der Waals surface area contributed by atoms with E-state index < -0.39 is 0 Å². The van der Waals surface area contributed by atoms with E-state index in [-0.39, 0.29) is 0 Å². The molecule has 2 nitrogen and oxygen atoms in total. The molecule has 2 rings (SSSR count). The first kappa shape index (κ1) is 9.47. The molecule has 0 N–H and O–H groups in total. The standard InChI is InChI=1S/C11H20O2/c1-11(2,3)8-4-9-6-12-7-10(5-8)13-9/h8-10H,4-7H2,1-3H3/t8?,9-,10+. The molecule has 2 heteroatoms. The topological polar surface area (TPSA) is 18.5 Å². The highest BCUT2D eigenvalue weighted by atomic mass is 16.6. The summed E-state index contributed by atoms with van der Waals surface area (Å²) in [5.74, 6) is 0.806. The summed E-state index contributed by atoms with van der Waals surface area (Å²) in [4.78, 5) is 0. The van der Waals surface area contributed by atoms with E-state index in [9.17, 15) is 0 Å². The van der Waals surface area contributed by atoms with Crippen LogP contribution in [-0.2, 0) is 9.47 Å². The Balaban J connectivity index is 2.01. The van der Waals surface area contributed by atoms with Crippen LogP contribution < -0.4 is 0 Å². The first-order valence-electron chi connectivity index (χ1n) is 5.29. The van der Waals surface area contributed by atoms with E-state index in [1.54, 1.807) is 0 Å².